The molecule has 27 heavy (non-hydrogen) atoms. The second kappa shape index (κ2) is 10.0. The number of anilines is 1. The number of carbonyl (C=O) groups excluding carboxylic acids is 2. The van der Waals surface area contributed by atoms with Gasteiger partial charge in [0.25, 0.3) is 0 Å². The molecule has 2 amide bonds. The molecule has 0 saturated carbocycles. The maximum absolute atomic E-state index is 13.6. The third-order valence-corrected chi connectivity index (χ3v) is 4.32. The van der Waals surface area contributed by atoms with Crippen LogP contribution in [0.3, 0.4) is 0 Å². The lowest BCUT2D eigenvalue weighted by atomic mass is 10.2. The topological polar surface area (TPSA) is 61.4 Å². The summed E-state index contributed by atoms with van der Waals surface area (Å²) in [6, 6.07) is 11.5. The smallest absolute Gasteiger partial charge is 0.238 e. The van der Waals surface area contributed by atoms with Gasteiger partial charge < -0.3 is 10.6 Å². The van der Waals surface area contributed by atoms with Gasteiger partial charge in [-0.15, -0.1) is 0 Å². The maximum atomic E-state index is 13.6. The van der Waals surface area contributed by atoms with E-state index in [0.29, 0.717) is 22.8 Å². The van der Waals surface area contributed by atoms with Crippen molar-refractivity contribution < 1.29 is 14.0 Å². The molecule has 2 N–H and O–H groups in total. The highest BCUT2D eigenvalue weighted by molar-refractivity contribution is 6.31. The first-order valence-corrected chi connectivity index (χ1v) is 9.05. The molecule has 7 heteroatoms. The lowest BCUT2D eigenvalue weighted by Gasteiger charge is -2.20. The summed E-state index contributed by atoms with van der Waals surface area (Å²) in [6.45, 7) is 4.48. The van der Waals surface area contributed by atoms with Gasteiger partial charge in [0.1, 0.15) is 5.82 Å². The van der Waals surface area contributed by atoms with Crippen LogP contribution in [0.1, 0.15) is 18.1 Å². The fraction of sp³-hybridized carbons (Fsp3) is 0.300. The van der Waals surface area contributed by atoms with Crippen LogP contribution in [0.2, 0.25) is 5.02 Å². The van der Waals surface area contributed by atoms with E-state index in [4.69, 9.17) is 11.6 Å². The van der Waals surface area contributed by atoms with Gasteiger partial charge >= 0.3 is 0 Å². The first-order chi connectivity index (χ1) is 12.9. The van der Waals surface area contributed by atoms with Crippen LogP contribution < -0.4 is 10.6 Å². The van der Waals surface area contributed by atoms with E-state index in [2.05, 4.69) is 10.6 Å². The van der Waals surface area contributed by atoms with E-state index in [1.807, 2.05) is 19.9 Å². The molecule has 0 aliphatic carbocycles. The van der Waals surface area contributed by atoms with Crippen molar-refractivity contribution in [2.75, 3.05) is 25.0 Å². The molecule has 0 heterocycles. The van der Waals surface area contributed by atoms with Crippen LogP contribution >= 0.6 is 11.6 Å². The second-order valence-electron chi connectivity index (χ2n) is 6.18. The number of nitrogens with one attached hydrogen (secondary N) is 2. The van der Waals surface area contributed by atoms with Crippen molar-refractivity contribution in [2.24, 2.45) is 0 Å². The SMILES string of the molecule is CCN(CC(=O)NCc1ccccc1F)CC(=O)Nc1cc(Cl)ccc1C. The van der Waals surface area contributed by atoms with Crippen LogP contribution in [-0.2, 0) is 16.1 Å². The van der Waals surface area contributed by atoms with Crippen LogP contribution in [-0.4, -0.2) is 36.3 Å². The fourth-order valence-corrected chi connectivity index (χ4v) is 2.67. The first-order valence-electron chi connectivity index (χ1n) is 8.67. The average molecular weight is 392 g/mol. The second-order valence-corrected chi connectivity index (χ2v) is 6.62. The summed E-state index contributed by atoms with van der Waals surface area (Å²) in [4.78, 5) is 26.1. The Hall–Kier alpha value is -2.44. The van der Waals surface area contributed by atoms with Crippen molar-refractivity contribution in [3.05, 3.63) is 64.4 Å². The van der Waals surface area contributed by atoms with Gasteiger partial charge in [-0.25, -0.2) is 4.39 Å². The summed E-state index contributed by atoms with van der Waals surface area (Å²) < 4.78 is 13.6. The Morgan fingerprint density at radius 3 is 2.52 bits per heavy atom. The number of benzene rings is 2. The Labute approximate surface area is 163 Å². The zero-order valence-electron chi connectivity index (χ0n) is 15.4. The molecule has 5 nitrogen and oxygen atoms in total. The van der Waals surface area contributed by atoms with Crippen LogP contribution in [0.5, 0.6) is 0 Å². The summed E-state index contributed by atoms with van der Waals surface area (Å²) in [7, 11) is 0. The van der Waals surface area contributed by atoms with Crippen molar-refractivity contribution in [3.8, 4) is 0 Å². The number of amides is 2. The predicted molar refractivity (Wildman–Crippen MR) is 105 cm³/mol. The lowest BCUT2D eigenvalue weighted by Crippen LogP contribution is -2.41. The highest BCUT2D eigenvalue weighted by Crippen LogP contribution is 2.20. The number of aryl methyl sites for hydroxylation is 1. The maximum Gasteiger partial charge on any atom is 0.238 e. The molecule has 0 bridgehead atoms. The Kier molecular flexibility index (Phi) is 7.76. The zero-order chi connectivity index (χ0) is 19.8. The van der Waals surface area contributed by atoms with E-state index in [1.54, 1.807) is 35.2 Å². The highest BCUT2D eigenvalue weighted by atomic mass is 35.5. The summed E-state index contributed by atoms with van der Waals surface area (Å²) in [5, 5.41) is 6.02. The third kappa shape index (κ3) is 6.66. The summed E-state index contributed by atoms with van der Waals surface area (Å²) in [5.74, 6) is -0.864. The van der Waals surface area contributed by atoms with Gasteiger partial charge in [-0.05, 0) is 37.2 Å². The van der Waals surface area contributed by atoms with E-state index < -0.39 is 0 Å². The first kappa shape index (κ1) is 20.9. The number of rotatable bonds is 8. The standard InChI is InChI=1S/C20H23ClFN3O2/c1-3-25(12-19(26)23-11-15-6-4-5-7-17(15)22)13-20(27)24-18-10-16(21)9-8-14(18)2/h4-10H,3,11-13H2,1-2H3,(H,23,26)(H,24,27). The third-order valence-electron chi connectivity index (χ3n) is 4.09. The highest BCUT2D eigenvalue weighted by Gasteiger charge is 2.14. The van der Waals surface area contributed by atoms with Crippen LogP contribution in [0.15, 0.2) is 42.5 Å². The number of likely N-dealkylation sites (N-methyl/N-ethyl adjacent to an activating group) is 1. The van der Waals surface area contributed by atoms with E-state index in [9.17, 15) is 14.0 Å². The minimum absolute atomic E-state index is 0.0485. The Morgan fingerprint density at radius 2 is 1.81 bits per heavy atom. The fourth-order valence-electron chi connectivity index (χ4n) is 2.50. The van der Waals surface area contributed by atoms with Crippen LogP contribution in [0.4, 0.5) is 10.1 Å². The molecule has 2 rings (SSSR count). The summed E-state index contributed by atoms with van der Waals surface area (Å²) in [5.41, 5.74) is 1.97. The monoisotopic (exact) mass is 391 g/mol. The quantitative estimate of drug-likeness (QED) is 0.725. The molecular weight excluding hydrogens is 369 g/mol. The van der Waals surface area contributed by atoms with Crippen molar-refractivity contribution in [1.82, 2.24) is 10.2 Å². The largest absolute Gasteiger partial charge is 0.351 e. The molecule has 0 radical (unpaired) electrons. The number of nitrogens with zero attached hydrogens (tertiary/aromatic N) is 1. The Balaban J connectivity index is 1.85. The van der Waals surface area contributed by atoms with Crippen molar-refractivity contribution in [3.63, 3.8) is 0 Å². The minimum atomic E-state index is -0.360. The predicted octanol–water partition coefficient (Wildman–Crippen LogP) is 3.36. The molecule has 0 unspecified atom stereocenters. The summed E-state index contributed by atoms with van der Waals surface area (Å²) in [6.07, 6.45) is 0. The van der Waals surface area contributed by atoms with Gasteiger partial charge in [0.15, 0.2) is 0 Å². The average Bonchev–Trinajstić information content (AvgIpc) is 2.63. The van der Waals surface area contributed by atoms with E-state index in [0.717, 1.165) is 5.56 Å². The number of hydrogen-bond donors (Lipinski definition) is 2. The molecule has 144 valence electrons. The van der Waals surface area contributed by atoms with Gasteiger partial charge in [-0.2, -0.15) is 0 Å². The van der Waals surface area contributed by atoms with Crippen molar-refractivity contribution >= 4 is 29.1 Å². The van der Waals surface area contributed by atoms with E-state index in [-0.39, 0.29) is 37.3 Å². The molecule has 2 aromatic carbocycles. The van der Waals surface area contributed by atoms with Gasteiger partial charge in [0.05, 0.1) is 13.1 Å². The molecule has 0 aliphatic heterocycles. The number of carbonyl (C=O) groups is 2. The van der Waals surface area contributed by atoms with Gasteiger partial charge in [0, 0.05) is 22.8 Å². The van der Waals surface area contributed by atoms with E-state index >= 15 is 0 Å². The van der Waals surface area contributed by atoms with Gasteiger partial charge in [-0.3, -0.25) is 14.5 Å². The molecular formula is C20H23ClFN3O2. The molecule has 0 aromatic heterocycles. The summed E-state index contributed by atoms with van der Waals surface area (Å²) >= 11 is 5.96. The van der Waals surface area contributed by atoms with E-state index in [1.165, 1.54) is 6.07 Å². The zero-order valence-corrected chi connectivity index (χ0v) is 16.1. The molecule has 0 aliphatic rings. The van der Waals surface area contributed by atoms with Crippen LogP contribution in [0, 0.1) is 12.7 Å². The molecule has 2 aromatic rings. The number of hydrogen-bond acceptors (Lipinski definition) is 3. The lowest BCUT2D eigenvalue weighted by molar-refractivity contribution is -0.123. The minimum Gasteiger partial charge on any atom is -0.351 e. The Morgan fingerprint density at radius 1 is 1.11 bits per heavy atom. The molecule has 0 saturated heterocycles. The van der Waals surface area contributed by atoms with Gasteiger partial charge in [-0.1, -0.05) is 42.8 Å². The Bertz CT molecular complexity index is 814. The van der Waals surface area contributed by atoms with Gasteiger partial charge in [0.2, 0.25) is 11.8 Å². The van der Waals surface area contributed by atoms with Crippen LogP contribution in [0.25, 0.3) is 0 Å². The number of halogens is 2. The molecule has 0 atom stereocenters. The normalized spacial score (nSPS) is 10.7. The molecule has 0 fully saturated rings. The molecule has 0 spiro atoms. The van der Waals surface area contributed by atoms with Crippen molar-refractivity contribution in [1.29, 1.82) is 0 Å². The van der Waals surface area contributed by atoms with Crippen molar-refractivity contribution in [2.45, 2.75) is 20.4 Å².